The van der Waals surface area contributed by atoms with Gasteiger partial charge in [-0.1, -0.05) is 18.2 Å². The van der Waals surface area contributed by atoms with E-state index in [4.69, 9.17) is 9.47 Å². The Morgan fingerprint density at radius 1 is 0.926 bits per heavy atom. The van der Waals surface area contributed by atoms with E-state index in [-0.39, 0.29) is 5.75 Å². The van der Waals surface area contributed by atoms with E-state index in [0.717, 1.165) is 0 Å². The highest BCUT2D eigenvalue weighted by Gasteiger charge is 2.31. The van der Waals surface area contributed by atoms with Gasteiger partial charge in [-0.15, -0.1) is 23.4 Å². The molecule has 0 spiro atoms. The summed E-state index contributed by atoms with van der Waals surface area (Å²) in [5, 5.41) is 8.18. The highest BCUT2D eigenvalue weighted by Crippen LogP contribution is 2.36. The van der Waals surface area contributed by atoms with Gasteiger partial charge in [-0.25, -0.2) is 0 Å². The van der Waals surface area contributed by atoms with Crippen LogP contribution in [-0.4, -0.2) is 35.3 Å². The van der Waals surface area contributed by atoms with Crippen LogP contribution in [-0.2, 0) is 0 Å². The summed E-state index contributed by atoms with van der Waals surface area (Å²) in [6.07, 6.45) is -4.78. The molecular weight excluding hydrogens is 363 g/mol. The number of ether oxygens (including phenoxy) is 3. The number of rotatable bonds is 5. The monoisotopic (exact) mass is 379 g/mol. The van der Waals surface area contributed by atoms with E-state index in [0.29, 0.717) is 34.4 Å². The zero-order chi connectivity index (χ0) is 19.6. The summed E-state index contributed by atoms with van der Waals surface area (Å²) < 4.78 is 54.1. The normalized spacial score (nSPS) is 11.3. The number of alkyl halides is 3. The van der Waals surface area contributed by atoms with Crippen molar-refractivity contribution < 1.29 is 27.4 Å². The van der Waals surface area contributed by atoms with E-state index in [1.165, 1.54) is 32.4 Å². The van der Waals surface area contributed by atoms with Crippen molar-refractivity contribution in [3.8, 4) is 34.3 Å². The molecule has 27 heavy (non-hydrogen) atoms. The third kappa shape index (κ3) is 3.81. The first kappa shape index (κ1) is 18.6. The van der Waals surface area contributed by atoms with Gasteiger partial charge in [0.2, 0.25) is 0 Å². The minimum Gasteiger partial charge on any atom is -0.494 e. The van der Waals surface area contributed by atoms with Crippen LogP contribution >= 0.6 is 0 Å². The standard InChI is InChI=1S/C18H16F3N3O3/c1-11-22-23-17(12-6-4-7-13(10-12)27-18(19,20)21)24(11)16-14(25-2)8-5-9-15(16)26-3/h4-10H,1-3H3. The van der Waals surface area contributed by atoms with Crippen LogP contribution in [0.4, 0.5) is 13.2 Å². The molecule has 9 heteroatoms. The quantitative estimate of drug-likeness (QED) is 0.666. The Morgan fingerprint density at radius 3 is 2.15 bits per heavy atom. The van der Waals surface area contributed by atoms with E-state index in [2.05, 4.69) is 14.9 Å². The van der Waals surface area contributed by atoms with Gasteiger partial charge in [-0.3, -0.25) is 4.57 Å². The number of hydrogen-bond acceptors (Lipinski definition) is 5. The molecule has 3 aromatic rings. The fourth-order valence-electron chi connectivity index (χ4n) is 2.70. The van der Waals surface area contributed by atoms with Crippen molar-refractivity contribution in [2.75, 3.05) is 14.2 Å². The summed E-state index contributed by atoms with van der Waals surface area (Å²) in [5.41, 5.74) is 0.937. The van der Waals surface area contributed by atoms with E-state index in [1.807, 2.05) is 0 Å². The molecule has 6 nitrogen and oxygen atoms in total. The number of methoxy groups -OCH3 is 2. The number of hydrogen-bond donors (Lipinski definition) is 0. The molecule has 2 aromatic carbocycles. The SMILES string of the molecule is COc1cccc(OC)c1-n1c(C)nnc1-c1cccc(OC(F)(F)F)c1. The predicted octanol–water partition coefficient (Wildman–Crippen LogP) is 4.16. The molecule has 0 aliphatic carbocycles. The first-order valence-corrected chi connectivity index (χ1v) is 7.83. The fourth-order valence-corrected chi connectivity index (χ4v) is 2.70. The maximum Gasteiger partial charge on any atom is 0.573 e. The lowest BCUT2D eigenvalue weighted by atomic mass is 10.2. The van der Waals surface area contributed by atoms with Crippen LogP contribution < -0.4 is 14.2 Å². The molecule has 0 radical (unpaired) electrons. The first-order chi connectivity index (χ1) is 12.8. The van der Waals surface area contributed by atoms with Gasteiger partial charge in [0, 0.05) is 5.56 Å². The molecular formula is C18H16F3N3O3. The second kappa shape index (κ2) is 7.18. The van der Waals surface area contributed by atoms with Crippen molar-refractivity contribution in [1.29, 1.82) is 0 Å². The molecule has 1 heterocycles. The van der Waals surface area contributed by atoms with Gasteiger partial charge >= 0.3 is 6.36 Å². The van der Waals surface area contributed by atoms with Crippen molar-refractivity contribution in [3.05, 3.63) is 48.3 Å². The van der Waals surface area contributed by atoms with Gasteiger partial charge in [-0.2, -0.15) is 0 Å². The van der Waals surface area contributed by atoms with E-state index < -0.39 is 6.36 Å². The van der Waals surface area contributed by atoms with Crippen LogP contribution in [0.15, 0.2) is 42.5 Å². The van der Waals surface area contributed by atoms with Crippen LogP contribution in [0.1, 0.15) is 5.82 Å². The van der Waals surface area contributed by atoms with Crippen LogP contribution in [0.5, 0.6) is 17.2 Å². The Morgan fingerprint density at radius 2 is 1.56 bits per heavy atom. The molecule has 0 bridgehead atoms. The van der Waals surface area contributed by atoms with Crippen LogP contribution in [0, 0.1) is 6.92 Å². The Hall–Kier alpha value is -3.23. The number of halogens is 3. The summed E-state index contributed by atoms with van der Waals surface area (Å²) in [5.74, 6) is 1.49. The molecule has 0 fully saturated rings. The Balaban J connectivity index is 2.17. The van der Waals surface area contributed by atoms with E-state index in [1.54, 1.807) is 35.8 Å². The lowest BCUT2D eigenvalue weighted by Crippen LogP contribution is -2.17. The topological polar surface area (TPSA) is 58.4 Å². The number of aryl methyl sites for hydroxylation is 1. The minimum absolute atomic E-state index is 0.322. The molecule has 0 amide bonds. The van der Waals surface area contributed by atoms with Crippen molar-refractivity contribution in [2.24, 2.45) is 0 Å². The molecule has 0 N–H and O–H groups in total. The number of para-hydroxylation sites is 1. The van der Waals surface area contributed by atoms with Crippen molar-refractivity contribution >= 4 is 0 Å². The molecule has 0 saturated carbocycles. The highest BCUT2D eigenvalue weighted by atomic mass is 19.4. The Bertz CT molecular complexity index is 932. The third-order valence-corrected chi connectivity index (χ3v) is 3.78. The largest absolute Gasteiger partial charge is 0.573 e. The molecule has 1 aromatic heterocycles. The fraction of sp³-hybridized carbons (Fsp3) is 0.222. The van der Waals surface area contributed by atoms with Crippen molar-refractivity contribution in [1.82, 2.24) is 14.8 Å². The number of nitrogens with zero attached hydrogens (tertiary/aromatic N) is 3. The molecule has 0 aliphatic rings. The highest BCUT2D eigenvalue weighted by molar-refractivity contribution is 5.66. The van der Waals surface area contributed by atoms with Gasteiger partial charge < -0.3 is 14.2 Å². The smallest absolute Gasteiger partial charge is 0.494 e. The predicted molar refractivity (Wildman–Crippen MR) is 91.3 cm³/mol. The number of benzene rings is 2. The molecule has 142 valence electrons. The van der Waals surface area contributed by atoms with Crippen molar-refractivity contribution in [2.45, 2.75) is 13.3 Å². The zero-order valence-electron chi connectivity index (χ0n) is 14.7. The van der Waals surface area contributed by atoms with E-state index in [9.17, 15) is 13.2 Å². The van der Waals surface area contributed by atoms with Gasteiger partial charge in [0.1, 0.15) is 28.8 Å². The van der Waals surface area contributed by atoms with Crippen LogP contribution in [0.2, 0.25) is 0 Å². The van der Waals surface area contributed by atoms with Crippen LogP contribution in [0.3, 0.4) is 0 Å². The molecule has 0 atom stereocenters. The average molecular weight is 379 g/mol. The van der Waals surface area contributed by atoms with Crippen molar-refractivity contribution in [3.63, 3.8) is 0 Å². The van der Waals surface area contributed by atoms with Gasteiger partial charge in [0.15, 0.2) is 5.82 Å². The van der Waals surface area contributed by atoms with Gasteiger partial charge in [0.25, 0.3) is 0 Å². The summed E-state index contributed by atoms with van der Waals surface area (Å²) in [7, 11) is 3.02. The second-order valence-electron chi connectivity index (χ2n) is 5.49. The molecule has 0 aliphatic heterocycles. The number of aromatic nitrogens is 3. The summed E-state index contributed by atoms with van der Waals surface area (Å²) in [6, 6.07) is 10.8. The van der Waals surface area contributed by atoms with E-state index >= 15 is 0 Å². The molecule has 0 saturated heterocycles. The zero-order valence-corrected chi connectivity index (χ0v) is 14.7. The molecule has 3 rings (SSSR count). The summed E-state index contributed by atoms with van der Waals surface area (Å²) in [4.78, 5) is 0. The summed E-state index contributed by atoms with van der Waals surface area (Å²) >= 11 is 0. The van der Waals surface area contributed by atoms with Gasteiger partial charge in [0.05, 0.1) is 14.2 Å². The maximum atomic E-state index is 12.5. The van der Waals surface area contributed by atoms with Crippen LogP contribution in [0.25, 0.3) is 17.1 Å². The third-order valence-electron chi connectivity index (χ3n) is 3.78. The average Bonchev–Trinajstić information content (AvgIpc) is 3.00. The lowest BCUT2D eigenvalue weighted by Gasteiger charge is -2.16. The lowest BCUT2D eigenvalue weighted by molar-refractivity contribution is -0.274. The molecule has 0 unspecified atom stereocenters. The minimum atomic E-state index is -4.78. The summed E-state index contributed by atoms with van der Waals surface area (Å²) in [6.45, 7) is 1.72. The first-order valence-electron chi connectivity index (χ1n) is 7.83. The Labute approximate surface area is 153 Å². The van der Waals surface area contributed by atoms with Gasteiger partial charge in [-0.05, 0) is 31.2 Å². The second-order valence-corrected chi connectivity index (χ2v) is 5.49. The maximum absolute atomic E-state index is 12.5. The Kier molecular flexibility index (Phi) is 4.93.